The van der Waals surface area contributed by atoms with Crippen molar-refractivity contribution in [3.05, 3.63) is 0 Å². The van der Waals surface area contributed by atoms with E-state index in [0.717, 1.165) is 13.2 Å². The summed E-state index contributed by atoms with van der Waals surface area (Å²) in [5.74, 6) is 2.40. The first kappa shape index (κ1) is 35.1. The summed E-state index contributed by atoms with van der Waals surface area (Å²) in [7, 11) is 2.52. The van der Waals surface area contributed by atoms with Gasteiger partial charge < -0.3 is 9.47 Å². The fourth-order valence-electron chi connectivity index (χ4n) is 4.96. The standard InChI is InChI=1S/C28H62O2S2Si2/c1-7-13-17-21-33(22-18-14-8-2)27(29-11-5)25-31-32-26-28(30-12-6)34(23-19-15-9-3)24-20-16-10-4/h27-28,33-34H,7-26H2,1-6H3. The molecule has 0 aromatic carbocycles. The number of rotatable bonds is 27. The maximum absolute atomic E-state index is 6.40. The summed E-state index contributed by atoms with van der Waals surface area (Å²) in [6.45, 7) is 15.5. The monoisotopic (exact) mass is 550 g/mol. The minimum Gasteiger partial charge on any atom is -0.381 e. The van der Waals surface area contributed by atoms with Crippen molar-refractivity contribution in [3.63, 3.8) is 0 Å². The van der Waals surface area contributed by atoms with Crippen LogP contribution in [0.5, 0.6) is 0 Å². The molecular formula is C28H62O2S2Si2. The Morgan fingerprint density at radius 1 is 0.471 bits per heavy atom. The summed E-state index contributed by atoms with van der Waals surface area (Å²) in [6.07, 6.45) is 16.6. The van der Waals surface area contributed by atoms with Gasteiger partial charge in [-0.25, -0.2) is 0 Å². The molecule has 2 unspecified atom stereocenters. The van der Waals surface area contributed by atoms with Gasteiger partial charge in [0.25, 0.3) is 0 Å². The maximum Gasteiger partial charge on any atom is 0.0728 e. The Labute approximate surface area is 226 Å². The Balaban J connectivity index is 4.84. The van der Waals surface area contributed by atoms with E-state index in [2.05, 4.69) is 63.1 Å². The average molecular weight is 551 g/mol. The van der Waals surface area contributed by atoms with Crippen molar-refractivity contribution in [2.24, 2.45) is 0 Å². The lowest BCUT2D eigenvalue weighted by molar-refractivity contribution is 0.128. The molecule has 0 aliphatic heterocycles. The third kappa shape index (κ3) is 19.2. The van der Waals surface area contributed by atoms with Crippen LogP contribution in [0.4, 0.5) is 0 Å². The molecule has 0 heterocycles. The van der Waals surface area contributed by atoms with E-state index < -0.39 is 17.6 Å². The first-order chi connectivity index (χ1) is 16.7. The van der Waals surface area contributed by atoms with Gasteiger partial charge in [0, 0.05) is 24.7 Å². The van der Waals surface area contributed by atoms with Crippen LogP contribution in [-0.4, -0.2) is 53.8 Å². The van der Waals surface area contributed by atoms with E-state index in [1.165, 1.54) is 113 Å². The predicted octanol–water partition coefficient (Wildman–Crippen LogP) is 9.47. The first-order valence-corrected chi connectivity index (χ1v) is 22.2. The maximum atomic E-state index is 6.40. The van der Waals surface area contributed by atoms with Gasteiger partial charge in [0.1, 0.15) is 0 Å². The molecule has 0 bridgehead atoms. The van der Waals surface area contributed by atoms with Crippen LogP contribution in [0.2, 0.25) is 24.2 Å². The van der Waals surface area contributed by atoms with E-state index in [1.54, 1.807) is 0 Å². The van der Waals surface area contributed by atoms with Crippen LogP contribution >= 0.6 is 21.6 Å². The molecule has 0 saturated heterocycles. The van der Waals surface area contributed by atoms with Crippen molar-refractivity contribution in [3.8, 4) is 0 Å². The fraction of sp³-hybridized carbons (Fsp3) is 1.00. The zero-order valence-electron chi connectivity index (χ0n) is 24.1. The average Bonchev–Trinajstić information content (AvgIpc) is 2.84. The molecule has 0 spiro atoms. The van der Waals surface area contributed by atoms with Crippen LogP contribution < -0.4 is 0 Å². The molecular weight excluding hydrogens is 489 g/mol. The summed E-state index contributed by atoms with van der Waals surface area (Å²) < 4.78 is 12.8. The van der Waals surface area contributed by atoms with E-state index in [-0.39, 0.29) is 0 Å². The van der Waals surface area contributed by atoms with Gasteiger partial charge >= 0.3 is 0 Å². The Bertz CT molecular complexity index is 349. The molecule has 0 aromatic rings. The Morgan fingerprint density at radius 3 is 1.00 bits per heavy atom. The largest absolute Gasteiger partial charge is 0.381 e. The third-order valence-corrected chi connectivity index (χ3v) is 17.7. The quantitative estimate of drug-likeness (QED) is 0.0575. The second-order valence-corrected chi connectivity index (χ2v) is 19.4. The van der Waals surface area contributed by atoms with Crippen molar-refractivity contribution in [2.75, 3.05) is 24.7 Å². The van der Waals surface area contributed by atoms with Gasteiger partial charge in [-0.3, -0.25) is 0 Å². The molecule has 0 aromatic heterocycles. The summed E-state index contributed by atoms with van der Waals surface area (Å²) in [6, 6.07) is 5.94. The van der Waals surface area contributed by atoms with E-state index >= 15 is 0 Å². The van der Waals surface area contributed by atoms with Crippen LogP contribution in [0.1, 0.15) is 119 Å². The summed E-state index contributed by atoms with van der Waals surface area (Å²) in [5, 5.41) is 0. The molecule has 0 saturated carbocycles. The van der Waals surface area contributed by atoms with Crippen molar-refractivity contribution < 1.29 is 9.47 Å². The molecule has 0 aliphatic rings. The van der Waals surface area contributed by atoms with Gasteiger partial charge in [0.15, 0.2) is 0 Å². The zero-order chi connectivity index (χ0) is 25.3. The third-order valence-electron chi connectivity index (χ3n) is 7.07. The van der Waals surface area contributed by atoms with Crippen LogP contribution in [-0.2, 0) is 9.47 Å². The molecule has 206 valence electrons. The first-order valence-electron chi connectivity index (χ1n) is 15.2. The second kappa shape index (κ2) is 27.1. The molecule has 0 radical (unpaired) electrons. The Kier molecular flexibility index (Phi) is 27.9. The Hall–Kier alpha value is 1.05. The van der Waals surface area contributed by atoms with E-state index in [9.17, 15) is 0 Å². The highest BCUT2D eigenvalue weighted by Gasteiger charge is 2.25. The highest BCUT2D eigenvalue weighted by molar-refractivity contribution is 8.76. The van der Waals surface area contributed by atoms with Crippen LogP contribution in [0, 0.1) is 0 Å². The van der Waals surface area contributed by atoms with Crippen molar-refractivity contribution in [1.82, 2.24) is 0 Å². The van der Waals surface area contributed by atoms with E-state index in [1.807, 2.05) is 0 Å². The lowest BCUT2D eigenvalue weighted by Crippen LogP contribution is -2.36. The predicted molar refractivity (Wildman–Crippen MR) is 167 cm³/mol. The molecule has 0 fully saturated rings. The van der Waals surface area contributed by atoms with Crippen molar-refractivity contribution >= 4 is 39.2 Å². The normalized spacial score (nSPS) is 13.8. The summed E-state index contributed by atoms with van der Waals surface area (Å²) in [5.41, 5.74) is 1.12. The smallest absolute Gasteiger partial charge is 0.0728 e. The Morgan fingerprint density at radius 2 is 0.765 bits per heavy atom. The summed E-state index contributed by atoms with van der Waals surface area (Å²) >= 11 is 0. The van der Waals surface area contributed by atoms with E-state index in [0.29, 0.717) is 11.5 Å². The van der Waals surface area contributed by atoms with Gasteiger partial charge in [0.2, 0.25) is 0 Å². The summed E-state index contributed by atoms with van der Waals surface area (Å²) in [4.78, 5) is 0. The lowest BCUT2D eigenvalue weighted by Gasteiger charge is -2.27. The zero-order valence-corrected chi connectivity index (χ0v) is 28.0. The van der Waals surface area contributed by atoms with Crippen LogP contribution in [0.3, 0.4) is 0 Å². The lowest BCUT2D eigenvalue weighted by atomic mass is 10.3. The number of unbranched alkanes of at least 4 members (excludes halogenated alkanes) is 8. The SMILES string of the molecule is CCCCC[SiH](CCCCC)C(CSSCC(OCC)[SiH](CCCCC)CCCCC)OCC. The van der Waals surface area contributed by atoms with Gasteiger partial charge in [-0.1, -0.05) is 151 Å². The minimum atomic E-state index is -0.847. The van der Waals surface area contributed by atoms with Gasteiger partial charge in [-0.2, -0.15) is 0 Å². The number of ether oxygens (including phenoxy) is 2. The molecule has 0 rings (SSSR count). The molecule has 34 heavy (non-hydrogen) atoms. The molecule has 0 amide bonds. The van der Waals surface area contributed by atoms with Crippen molar-refractivity contribution in [2.45, 2.75) is 154 Å². The van der Waals surface area contributed by atoms with Gasteiger partial charge in [-0.05, 0) is 13.8 Å². The highest BCUT2D eigenvalue weighted by Crippen LogP contribution is 2.29. The molecule has 0 N–H and O–H groups in total. The highest BCUT2D eigenvalue weighted by atomic mass is 33.1. The van der Waals surface area contributed by atoms with Crippen LogP contribution in [0.25, 0.3) is 0 Å². The molecule has 6 heteroatoms. The topological polar surface area (TPSA) is 18.5 Å². The number of hydrogen-bond donors (Lipinski definition) is 0. The molecule has 2 nitrogen and oxygen atoms in total. The minimum absolute atomic E-state index is 0.559. The molecule has 0 aliphatic carbocycles. The van der Waals surface area contributed by atoms with Gasteiger partial charge in [-0.15, -0.1) is 0 Å². The fourth-order valence-corrected chi connectivity index (χ4v) is 16.8. The van der Waals surface area contributed by atoms with E-state index in [4.69, 9.17) is 9.47 Å². The number of hydrogen-bond acceptors (Lipinski definition) is 4. The molecule has 2 atom stereocenters. The van der Waals surface area contributed by atoms with Crippen LogP contribution in [0.15, 0.2) is 0 Å². The van der Waals surface area contributed by atoms with Crippen molar-refractivity contribution in [1.29, 1.82) is 0 Å². The second-order valence-electron chi connectivity index (χ2n) is 10.1. The van der Waals surface area contributed by atoms with Gasteiger partial charge in [0.05, 0.1) is 29.0 Å².